The molecule has 0 radical (unpaired) electrons. The molecule has 0 amide bonds. The van der Waals surface area contributed by atoms with Gasteiger partial charge in [-0.05, 0) is 44.6 Å². The summed E-state index contributed by atoms with van der Waals surface area (Å²) in [5.74, 6) is 3.10. The van der Waals surface area contributed by atoms with Gasteiger partial charge in [0.25, 0.3) is 0 Å². The van der Waals surface area contributed by atoms with Crippen molar-refractivity contribution >= 4 is 5.71 Å². The van der Waals surface area contributed by atoms with E-state index in [1.807, 2.05) is 0 Å². The molecule has 0 aromatic carbocycles. The predicted molar refractivity (Wildman–Crippen MR) is 89.5 cm³/mol. The molecule has 21 heavy (non-hydrogen) atoms. The summed E-state index contributed by atoms with van der Waals surface area (Å²) in [6.07, 6.45) is 10.8. The van der Waals surface area contributed by atoms with Crippen molar-refractivity contribution in [3.8, 4) is 0 Å². The molecule has 0 aromatic heterocycles. The van der Waals surface area contributed by atoms with Gasteiger partial charge in [-0.3, -0.25) is 0 Å². The first-order valence-electron chi connectivity index (χ1n) is 9.30. The highest BCUT2D eigenvalue weighted by molar-refractivity contribution is 5.91. The summed E-state index contributed by atoms with van der Waals surface area (Å²) in [5, 5.41) is 8.49. The second-order valence-electron chi connectivity index (χ2n) is 7.40. The molecule has 3 aliphatic rings. The molecular weight excluding hydrogens is 258 g/mol. The van der Waals surface area contributed by atoms with Crippen molar-refractivity contribution in [1.82, 2.24) is 10.7 Å². The van der Waals surface area contributed by atoms with Gasteiger partial charge in [-0.25, -0.2) is 0 Å². The number of fused-ring (bicyclic) bond motifs is 1. The molecule has 120 valence electrons. The van der Waals surface area contributed by atoms with Crippen LogP contribution in [0.4, 0.5) is 0 Å². The fourth-order valence-electron chi connectivity index (χ4n) is 5.42. The lowest BCUT2D eigenvalue weighted by atomic mass is 9.64. The van der Waals surface area contributed by atoms with Crippen LogP contribution in [0.5, 0.6) is 0 Å². The number of hydrazone groups is 1. The number of hydrogen-bond donors (Lipinski definition) is 2. The van der Waals surface area contributed by atoms with Crippen molar-refractivity contribution in [2.45, 2.75) is 77.3 Å². The first-order valence-corrected chi connectivity index (χ1v) is 9.30. The van der Waals surface area contributed by atoms with E-state index in [4.69, 9.17) is 5.10 Å². The van der Waals surface area contributed by atoms with Crippen LogP contribution in [0.15, 0.2) is 5.10 Å². The first-order chi connectivity index (χ1) is 10.3. The monoisotopic (exact) mass is 291 g/mol. The van der Waals surface area contributed by atoms with Crippen molar-refractivity contribution in [3.05, 3.63) is 0 Å². The van der Waals surface area contributed by atoms with Gasteiger partial charge in [0.05, 0.1) is 6.04 Å². The largest absolute Gasteiger partial charge is 0.317 e. The first kappa shape index (κ1) is 15.3. The van der Waals surface area contributed by atoms with Crippen LogP contribution in [0.3, 0.4) is 0 Å². The maximum atomic E-state index is 4.91. The molecule has 1 heterocycles. The average molecular weight is 291 g/mol. The molecule has 0 saturated heterocycles. The van der Waals surface area contributed by atoms with E-state index in [1.165, 1.54) is 51.4 Å². The minimum Gasteiger partial charge on any atom is -0.317 e. The van der Waals surface area contributed by atoms with E-state index >= 15 is 0 Å². The minimum atomic E-state index is 0.619. The predicted octanol–water partition coefficient (Wildman–Crippen LogP) is 3.55. The van der Waals surface area contributed by atoms with Gasteiger partial charge >= 0.3 is 0 Å². The van der Waals surface area contributed by atoms with Crippen molar-refractivity contribution in [2.24, 2.45) is 28.8 Å². The third-order valence-corrected chi connectivity index (χ3v) is 6.56. The zero-order chi connectivity index (χ0) is 14.8. The zero-order valence-electron chi connectivity index (χ0n) is 14.1. The Kier molecular flexibility index (Phi) is 4.88. The molecule has 0 aromatic rings. The van der Waals surface area contributed by atoms with Crippen LogP contribution in [0, 0.1) is 23.7 Å². The molecular formula is C18H33N3. The van der Waals surface area contributed by atoms with Crippen LogP contribution >= 0.6 is 0 Å². The van der Waals surface area contributed by atoms with Gasteiger partial charge in [0.2, 0.25) is 0 Å². The molecule has 6 unspecified atom stereocenters. The summed E-state index contributed by atoms with van der Waals surface area (Å²) in [7, 11) is 2.14. The summed E-state index contributed by atoms with van der Waals surface area (Å²) < 4.78 is 0. The Labute approximate surface area is 130 Å². The molecule has 3 nitrogen and oxygen atoms in total. The number of hydrogen-bond acceptors (Lipinski definition) is 3. The van der Waals surface area contributed by atoms with Crippen LogP contribution in [0.25, 0.3) is 0 Å². The molecule has 0 spiro atoms. The van der Waals surface area contributed by atoms with E-state index in [0.29, 0.717) is 18.0 Å². The lowest BCUT2D eigenvalue weighted by molar-refractivity contribution is 0.184. The van der Waals surface area contributed by atoms with Gasteiger partial charge in [-0.2, -0.15) is 5.10 Å². The molecule has 2 fully saturated rings. The third kappa shape index (κ3) is 2.74. The van der Waals surface area contributed by atoms with E-state index in [1.54, 1.807) is 5.71 Å². The Balaban J connectivity index is 1.81. The molecule has 3 rings (SSSR count). The molecule has 2 aliphatic carbocycles. The quantitative estimate of drug-likeness (QED) is 0.831. The third-order valence-electron chi connectivity index (χ3n) is 6.56. The van der Waals surface area contributed by atoms with Crippen molar-refractivity contribution in [2.75, 3.05) is 7.05 Å². The maximum absolute atomic E-state index is 4.91. The van der Waals surface area contributed by atoms with Crippen LogP contribution in [-0.2, 0) is 0 Å². The van der Waals surface area contributed by atoms with Gasteiger partial charge in [0, 0.05) is 23.6 Å². The van der Waals surface area contributed by atoms with E-state index in [2.05, 4.69) is 31.6 Å². The van der Waals surface area contributed by atoms with Gasteiger partial charge < -0.3 is 10.7 Å². The van der Waals surface area contributed by atoms with Crippen LogP contribution in [0.1, 0.15) is 65.2 Å². The number of rotatable bonds is 4. The second kappa shape index (κ2) is 6.68. The molecule has 2 saturated carbocycles. The SMILES string of the molecule is CCC1CCCCC1C1=NNC2CCC(NC)C(CC)C12. The summed E-state index contributed by atoms with van der Waals surface area (Å²) in [4.78, 5) is 0. The summed E-state index contributed by atoms with van der Waals surface area (Å²) >= 11 is 0. The zero-order valence-corrected chi connectivity index (χ0v) is 14.1. The lowest BCUT2D eigenvalue weighted by Crippen LogP contribution is -2.51. The lowest BCUT2D eigenvalue weighted by Gasteiger charge is -2.42. The average Bonchev–Trinajstić information content (AvgIpc) is 2.97. The van der Waals surface area contributed by atoms with Crippen LogP contribution in [-0.4, -0.2) is 24.8 Å². The topological polar surface area (TPSA) is 36.4 Å². The van der Waals surface area contributed by atoms with Crippen molar-refractivity contribution in [1.29, 1.82) is 0 Å². The fraction of sp³-hybridized carbons (Fsp3) is 0.944. The van der Waals surface area contributed by atoms with Crippen LogP contribution < -0.4 is 10.7 Å². The summed E-state index contributed by atoms with van der Waals surface area (Å²) in [6, 6.07) is 1.30. The smallest absolute Gasteiger partial charge is 0.0525 e. The molecule has 3 heteroatoms. The van der Waals surface area contributed by atoms with E-state index < -0.39 is 0 Å². The van der Waals surface area contributed by atoms with Gasteiger partial charge in [0.1, 0.15) is 0 Å². The molecule has 0 bridgehead atoms. The Bertz CT molecular complexity index is 379. The van der Waals surface area contributed by atoms with E-state index in [-0.39, 0.29) is 0 Å². The Morgan fingerprint density at radius 3 is 2.62 bits per heavy atom. The second-order valence-corrected chi connectivity index (χ2v) is 7.40. The Morgan fingerprint density at radius 1 is 1.10 bits per heavy atom. The maximum Gasteiger partial charge on any atom is 0.0525 e. The highest BCUT2D eigenvalue weighted by Gasteiger charge is 2.46. The van der Waals surface area contributed by atoms with Gasteiger partial charge in [-0.15, -0.1) is 0 Å². The summed E-state index contributed by atoms with van der Waals surface area (Å²) in [5.41, 5.74) is 5.07. The van der Waals surface area contributed by atoms with E-state index in [0.717, 1.165) is 17.8 Å². The molecule has 6 atom stereocenters. The standard InChI is InChI=1S/C18H33N3/c1-4-12-8-6-7-9-14(12)18-17-13(5-2)15(19-3)10-11-16(17)20-21-18/h12-17,19-20H,4-11H2,1-3H3. The van der Waals surface area contributed by atoms with E-state index in [9.17, 15) is 0 Å². The highest BCUT2D eigenvalue weighted by atomic mass is 15.3. The fourth-order valence-corrected chi connectivity index (χ4v) is 5.42. The van der Waals surface area contributed by atoms with Crippen molar-refractivity contribution < 1.29 is 0 Å². The van der Waals surface area contributed by atoms with Gasteiger partial charge in [0.15, 0.2) is 0 Å². The summed E-state index contributed by atoms with van der Waals surface area (Å²) in [6.45, 7) is 4.74. The Hall–Kier alpha value is -0.570. The minimum absolute atomic E-state index is 0.619. The van der Waals surface area contributed by atoms with Crippen LogP contribution in [0.2, 0.25) is 0 Å². The Morgan fingerprint density at radius 2 is 1.90 bits per heavy atom. The molecule has 2 N–H and O–H groups in total. The molecule has 1 aliphatic heterocycles. The number of nitrogens with zero attached hydrogens (tertiary/aromatic N) is 1. The highest BCUT2D eigenvalue weighted by Crippen LogP contribution is 2.43. The number of nitrogens with one attached hydrogen (secondary N) is 2. The van der Waals surface area contributed by atoms with Crippen molar-refractivity contribution in [3.63, 3.8) is 0 Å². The normalized spacial score (nSPS) is 43.1. The van der Waals surface area contributed by atoms with Gasteiger partial charge in [-0.1, -0.05) is 39.5 Å².